The Morgan fingerprint density at radius 2 is 1.12 bits per heavy atom. The van der Waals surface area contributed by atoms with Crippen LogP contribution in [-0.2, 0) is 9.47 Å². The molecule has 284 valence electrons. The van der Waals surface area contributed by atoms with Crippen LogP contribution >= 0.6 is 22.7 Å². The summed E-state index contributed by atoms with van der Waals surface area (Å²) in [5, 5.41) is 42.3. The van der Waals surface area contributed by atoms with Crippen molar-refractivity contribution in [3.05, 3.63) is 32.2 Å². The standard InChI is InChI=1S/C18H30N2O5S.C16H26N2O5S/c1-7-8-20(17(24)25-18(4,5)6)13(11(2)3)9-14(21)15-19-12(10-26-15)16(22)23;1-9(2)11(18(6)15(22)23-16(3,4)5)7-12(19)13-17-10(8-24-13)14(20)21/h10-11,13-14,21H,7-9H2,1-6H3,(H,22,23);8-9,11-12,19H,7H2,1-6H3,(H,20,21)/t13-,14+;11-,12+/m11/s1. The van der Waals surface area contributed by atoms with Crippen molar-refractivity contribution in [2.45, 2.75) is 131 Å². The number of aromatic carboxylic acids is 2. The summed E-state index contributed by atoms with van der Waals surface area (Å²) < 4.78 is 10.9. The van der Waals surface area contributed by atoms with E-state index in [0.717, 1.165) is 29.1 Å². The molecule has 50 heavy (non-hydrogen) atoms. The van der Waals surface area contributed by atoms with E-state index in [9.17, 15) is 29.4 Å². The van der Waals surface area contributed by atoms with E-state index in [2.05, 4.69) is 9.97 Å². The fourth-order valence-corrected chi connectivity index (χ4v) is 6.38. The fraction of sp³-hybridized carbons (Fsp3) is 0.706. The first-order chi connectivity index (χ1) is 22.9. The van der Waals surface area contributed by atoms with Gasteiger partial charge in [0.1, 0.15) is 33.4 Å². The molecule has 0 aliphatic carbocycles. The highest BCUT2D eigenvalue weighted by Crippen LogP contribution is 2.29. The first-order valence-corrected chi connectivity index (χ1v) is 18.3. The zero-order chi connectivity index (χ0) is 38.7. The van der Waals surface area contributed by atoms with Crippen molar-refractivity contribution in [1.29, 1.82) is 0 Å². The predicted molar refractivity (Wildman–Crippen MR) is 192 cm³/mol. The molecule has 0 saturated heterocycles. The van der Waals surface area contributed by atoms with E-state index in [1.54, 1.807) is 32.7 Å². The lowest BCUT2D eigenvalue weighted by Gasteiger charge is -2.36. The number of thiazole rings is 2. The van der Waals surface area contributed by atoms with Crippen LogP contribution in [0.2, 0.25) is 0 Å². The molecule has 0 bridgehead atoms. The number of rotatable bonds is 14. The Hall–Kier alpha value is -3.34. The van der Waals surface area contributed by atoms with E-state index in [1.165, 1.54) is 15.7 Å². The molecule has 2 rings (SSSR count). The Bertz CT molecular complexity index is 1400. The Morgan fingerprint density at radius 1 is 0.740 bits per heavy atom. The summed E-state index contributed by atoms with van der Waals surface area (Å²) in [7, 11) is 1.63. The molecule has 0 spiro atoms. The average Bonchev–Trinajstić information content (AvgIpc) is 3.67. The summed E-state index contributed by atoms with van der Waals surface area (Å²) in [6.07, 6.45) is -1.47. The van der Waals surface area contributed by atoms with Crippen molar-refractivity contribution in [3.63, 3.8) is 0 Å². The van der Waals surface area contributed by atoms with Crippen molar-refractivity contribution in [2.24, 2.45) is 11.8 Å². The van der Waals surface area contributed by atoms with E-state index in [1.807, 2.05) is 55.4 Å². The molecular formula is C34H56N4O10S2. The van der Waals surface area contributed by atoms with E-state index < -0.39 is 47.5 Å². The van der Waals surface area contributed by atoms with Crippen LogP contribution < -0.4 is 0 Å². The molecule has 0 radical (unpaired) electrons. The number of nitrogens with zero attached hydrogens (tertiary/aromatic N) is 4. The zero-order valence-electron chi connectivity index (χ0n) is 31.3. The number of carboxylic acids is 2. The molecule has 0 aliphatic rings. The van der Waals surface area contributed by atoms with Crippen molar-refractivity contribution in [2.75, 3.05) is 13.6 Å². The molecule has 0 unspecified atom stereocenters. The highest BCUT2D eigenvalue weighted by Gasteiger charge is 2.33. The second kappa shape index (κ2) is 19.3. The molecule has 2 heterocycles. The number of hydrogen-bond donors (Lipinski definition) is 4. The third-order valence-corrected chi connectivity index (χ3v) is 9.08. The third kappa shape index (κ3) is 14.9. The Morgan fingerprint density at radius 3 is 1.44 bits per heavy atom. The molecule has 2 aromatic rings. The number of hydrogen-bond acceptors (Lipinski definition) is 12. The van der Waals surface area contributed by atoms with Crippen LogP contribution in [0.3, 0.4) is 0 Å². The van der Waals surface area contributed by atoms with Crippen LogP contribution in [0.25, 0.3) is 0 Å². The number of amides is 2. The van der Waals surface area contributed by atoms with Gasteiger partial charge in [-0.15, -0.1) is 22.7 Å². The van der Waals surface area contributed by atoms with E-state index >= 15 is 0 Å². The third-order valence-electron chi connectivity index (χ3n) is 7.19. The van der Waals surface area contributed by atoms with E-state index in [0.29, 0.717) is 16.6 Å². The maximum absolute atomic E-state index is 12.6. The number of carbonyl (C=O) groups is 4. The van der Waals surface area contributed by atoms with Crippen LogP contribution in [-0.4, -0.2) is 101 Å². The van der Waals surface area contributed by atoms with Crippen molar-refractivity contribution >= 4 is 46.8 Å². The second-order valence-electron chi connectivity index (χ2n) is 14.6. The van der Waals surface area contributed by atoms with Gasteiger partial charge < -0.3 is 39.7 Å². The minimum Gasteiger partial charge on any atom is -0.476 e. The number of carbonyl (C=O) groups excluding carboxylic acids is 2. The highest BCUT2D eigenvalue weighted by molar-refractivity contribution is 7.10. The lowest BCUT2D eigenvalue weighted by Crippen LogP contribution is -2.46. The largest absolute Gasteiger partial charge is 0.476 e. The number of carboxylic acid groups (broad SMARTS) is 2. The number of aromatic nitrogens is 2. The molecule has 2 aromatic heterocycles. The maximum atomic E-state index is 12.6. The molecule has 0 fully saturated rings. The van der Waals surface area contributed by atoms with Crippen LogP contribution in [0.15, 0.2) is 10.8 Å². The number of ether oxygens (including phenoxy) is 2. The lowest BCUT2D eigenvalue weighted by atomic mass is 9.96. The summed E-state index contributed by atoms with van der Waals surface area (Å²) in [6, 6.07) is -0.524. The first kappa shape index (κ1) is 44.7. The molecule has 16 heteroatoms. The normalized spacial score (nSPS) is 14.2. The van der Waals surface area contributed by atoms with Crippen molar-refractivity contribution in [1.82, 2.24) is 19.8 Å². The summed E-state index contributed by atoms with van der Waals surface area (Å²) in [6.45, 7) is 21.2. The molecule has 0 saturated carbocycles. The molecule has 4 atom stereocenters. The van der Waals surface area contributed by atoms with Gasteiger partial charge in [0, 0.05) is 49.3 Å². The summed E-state index contributed by atoms with van der Waals surface area (Å²) >= 11 is 2.20. The minimum atomic E-state index is -1.13. The van der Waals surface area contributed by atoms with E-state index in [4.69, 9.17) is 19.7 Å². The van der Waals surface area contributed by atoms with Gasteiger partial charge >= 0.3 is 24.1 Å². The lowest BCUT2D eigenvalue weighted by molar-refractivity contribution is 0.00288. The SMILES string of the molecule is CC(C)[C@@H](C[C@H](O)c1nc(C(=O)O)cs1)N(C)C(=O)OC(C)(C)C.CCCN(C(=O)OC(C)(C)C)[C@H](C[C@H](O)c1nc(C(=O)O)cs1)C(C)C. The monoisotopic (exact) mass is 744 g/mol. The van der Waals surface area contributed by atoms with Crippen LogP contribution in [0.4, 0.5) is 9.59 Å². The van der Waals surface area contributed by atoms with Crippen LogP contribution in [0.1, 0.15) is 139 Å². The van der Waals surface area contributed by atoms with Gasteiger partial charge in [0.15, 0.2) is 11.4 Å². The highest BCUT2D eigenvalue weighted by atomic mass is 32.1. The maximum Gasteiger partial charge on any atom is 0.410 e. The van der Waals surface area contributed by atoms with Gasteiger partial charge in [-0.05, 0) is 59.8 Å². The summed E-state index contributed by atoms with van der Waals surface area (Å²) in [4.78, 5) is 57.8. The number of aliphatic hydroxyl groups is 2. The summed E-state index contributed by atoms with van der Waals surface area (Å²) in [5.41, 5.74) is -1.37. The van der Waals surface area contributed by atoms with Gasteiger partial charge in [0.2, 0.25) is 0 Å². The number of aliphatic hydroxyl groups excluding tert-OH is 2. The minimum absolute atomic E-state index is 0.0797. The molecule has 0 aromatic carbocycles. The molecule has 2 amide bonds. The summed E-state index contributed by atoms with van der Waals surface area (Å²) in [5.74, 6) is -2.09. The van der Waals surface area contributed by atoms with Gasteiger partial charge in [-0.25, -0.2) is 29.1 Å². The molecule has 14 nitrogen and oxygen atoms in total. The molecule has 4 N–H and O–H groups in total. The Labute approximate surface area is 303 Å². The molecular weight excluding hydrogens is 689 g/mol. The Kier molecular flexibility index (Phi) is 17.3. The van der Waals surface area contributed by atoms with Gasteiger partial charge in [0.25, 0.3) is 0 Å². The van der Waals surface area contributed by atoms with Crippen LogP contribution in [0.5, 0.6) is 0 Å². The first-order valence-electron chi connectivity index (χ1n) is 16.6. The molecule has 0 aliphatic heterocycles. The zero-order valence-corrected chi connectivity index (χ0v) is 32.9. The smallest absolute Gasteiger partial charge is 0.410 e. The topological polar surface area (TPSA) is 200 Å². The van der Waals surface area contributed by atoms with Gasteiger partial charge in [-0.3, -0.25) is 0 Å². The average molecular weight is 745 g/mol. The quantitative estimate of drug-likeness (QED) is 0.153. The van der Waals surface area contributed by atoms with Crippen molar-refractivity contribution < 1.29 is 49.1 Å². The second-order valence-corrected chi connectivity index (χ2v) is 16.4. The van der Waals surface area contributed by atoms with Crippen LogP contribution in [0, 0.1) is 11.8 Å². The van der Waals surface area contributed by atoms with E-state index in [-0.39, 0.29) is 48.1 Å². The Balaban J connectivity index is 0.000000502. The van der Waals surface area contributed by atoms with Gasteiger partial charge in [0.05, 0.1) is 0 Å². The van der Waals surface area contributed by atoms with Crippen molar-refractivity contribution in [3.8, 4) is 0 Å². The predicted octanol–water partition coefficient (Wildman–Crippen LogP) is 7.09. The van der Waals surface area contributed by atoms with Gasteiger partial charge in [-0.1, -0.05) is 34.6 Å². The fourth-order valence-electron chi connectivity index (χ4n) is 4.80. The van der Waals surface area contributed by atoms with Gasteiger partial charge in [-0.2, -0.15) is 0 Å².